The first-order valence-electron chi connectivity index (χ1n) is 17.5. The van der Waals surface area contributed by atoms with Crippen LogP contribution in [0.2, 0.25) is 5.02 Å². The van der Waals surface area contributed by atoms with Gasteiger partial charge in [-0.15, -0.1) is 0 Å². The van der Waals surface area contributed by atoms with Gasteiger partial charge in [-0.1, -0.05) is 82.1 Å². The molecule has 1 aromatic heterocycles. The Balaban J connectivity index is 0.000000339. The lowest BCUT2D eigenvalue weighted by molar-refractivity contribution is -0.138. The number of aromatic nitrogens is 1. The molecule has 4 aromatic carbocycles. The molecule has 0 spiro atoms. The first kappa shape index (κ1) is 48.3. The average Bonchev–Trinajstić information content (AvgIpc) is 3.55. The minimum atomic E-state index is -4.32. The SMILES string of the molecule is CC(N)c1ccc(N(C)C)cc1.CC(N)c1cccc(Br)c1.CC(N)c1cccc(Cl)c1.CC(N)c1ccccc1C(F)(F)F.CC(N)c1cccn1C. The second-order valence-electron chi connectivity index (χ2n) is 13.2. The van der Waals surface area contributed by atoms with Crippen LogP contribution in [0.1, 0.15) is 98.3 Å². The van der Waals surface area contributed by atoms with Crippen molar-refractivity contribution >= 4 is 33.2 Å². The van der Waals surface area contributed by atoms with Gasteiger partial charge >= 0.3 is 6.18 Å². The van der Waals surface area contributed by atoms with Gasteiger partial charge in [0.15, 0.2) is 0 Å². The number of hydrogen-bond acceptors (Lipinski definition) is 6. The number of benzene rings is 4. The smallest absolute Gasteiger partial charge is 0.378 e. The van der Waals surface area contributed by atoms with Crippen LogP contribution in [0.5, 0.6) is 0 Å². The molecule has 5 aromatic rings. The van der Waals surface area contributed by atoms with Gasteiger partial charge in [0.1, 0.15) is 0 Å². The molecule has 0 aliphatic carbocycles. The van der Waals surface area contributed by atoms with Crippen molar-refractivity contribution in [2.75, 3.05) is 19.0 Å². The highest BCUT2D eigenvalue weighted by atomic mass is 79.9. The highest BCUT2D eigenvalue weighted by Gasteiger charge is 2.33. The van der Waals surface area contributed by atoms with Crippen molar-refractivity contribution in [1.29, 1.82) is 0 Å². The standard InChI is InChI=1S/C10H16N2.C9H10F3N.C8H10BrN.C8H10ClN.C7H12N2/c1-8(11)9-4-6-10(7-5-9)12(2)3;1-6(13)7-4-2-3-5-8(7)9(10,11)12;2*1-6(10)7-3-2-4-8(9)5-7;1-6(8)7-4-3-5-9(7)2/h4-8H,11H2,1-3H3;2-6H,13H2,1H3;2*2-6H,10H2,1H3;3-6H,8H2,1-2H3. The molecule has 0 bridgehead atoms. The summed E-state index contributed by atoms with van der Waals surface area (Å²) in [5.74, 6) is 0. The van der Waals surface area contributed by atoms with E-state index in [4.69, 9.17) is 40.3 Å². The molecule has 5 rings (SSSR count). The number of hydrogen-bond donors (Lipinski definition) is 5. The van der Waals surface area contributed by atoms with Crippen molar-refractivity contribution in [1.82, 2.24) is 4.57 Å². The molecule has 1 heterocycles. The monoisotopic (exact) mass is 831 g/mol. The Bertz CT molecular complexity index is 1690. The summed E-state index contributed by atoms with van der Waals surface area (Å²) >= 11 is 9.11. The largest absolute Gasteiger partial charge is 0.416 e. The number of halogens is 5. The van der Waals surface area contributed by atoms with Gasteiger partial charge in [0.05, 0.1) is 5.56 Å². The number of anilines is 1. The van der Waals surface area contributed by atoms with Crippen LogP contribution in [0.15, 0.2) is 120 Å². The molecule has 5 unspecified atom stereocenters. The van der Waals surface area contributed by atoms with E-state index in [2.05, 4.69) is 45.1 Å². The lowest BCUT2D eigenvalue weighted by atomic mass is 10.0. The Kier molecular flexibility index (Phi) is 21.5. The third-order valence-electron chi connectivity index (χ3n) is 7.89. The van der Waals surface area contributed by atoms with E-state index >= 15 is 0 Å². The van der Waals surface area contributed by atoms with E-state index in [1.54, 1.807) is 6.07 Å². The predicted molar refractivity (Wildman–Crippen MR) is 226 cm³/mol. The second kappa shape index (κ2) is 24.0. The van der Waals surface area contributed by atoms with E-state index in [-0.39, 0.29) is 29.7 Å². The van der Waals surface area contributed by atoms with Crippen molar-refractivity contribution in [3.8, 4) is 0 Å². The third-order valence-corrected chi connectivity index (χ3v) is 8.62. The van der Waals surface area contributed by atoms with Gasteiger partial charge in [0.2, 0.25) is 0 Å². The first-order valence-corrected chi connectivity index (χ1v) is 18.7. The van der Waals surface area contributed by atoms with Crippen LogP contribution >= 0.6 is 27.5 Å². The molecule has 0 saturated carbocycles. The minimum absolute atomic E-state index is 0.0682. The number of alkyl halides is 3. The molecule has 5 atom stereocenters. The molecule has 12 heteroatoms. The molecule has 54 heavy (non-hydrogen) atoms. The summed E-state index contributed by atoms with van der Waals surface area (Å²) in [6, 6.07) is 33.2. The Morgan fingerprint density at radius 1 is 0.611 bits per heavy atom. The summed E-state index contributed by atoms with van der Waals surface area (Å²) in [5.41, 5.74) is 33.4. The van der Waals surface area contributed by atoms with Crippen molar-refractivity contribution in [3.63, 3.8) is 0 Å². The van der Waals surface area contributed by atoms with Crippen molar-refractivity contribution in [2.45, 2.75) is 71.0 Å². The predicted octanol–water partition coefficient (Wildman–Crippen LogP) is 10.4. The fourth-order valence-electron chi connectivity index (χ4n) is 4.76. The van der Waals surface area contributed by atoms with Crippen LogP contribution in [0, 0.1) is 0 Å². The quantitative estimate of drug-likeness (QED) is 0.116. The van der Waals surface area contributed by atoms with Crippen LogP contribution in [0.25, 0.3) is 0 Å². The average molecular weight is 833 g/mol. The maximum Gasteiger partial charge on any atom is 0.416 e. The zero-order valence-corrected chi connectivity index (χ0v) is 34.9. The fourth-order valence-corrected chi connectivity index (χ4v) is 5.37. The van der Waals surface area contributed by atoms with E-state index in [1.165, 1.54) is 36.0 Å². The van der Waals surface area contributed by atoms with Crippen molar-refractivity contribution in [3.05, 3.63) is 158 Å². The Hall–Kier alpha value is -3.68. The summed E-state index contributed by atoms with van der Waals surface area (Å²) in [6.45, 7) is 9.41. The van der Waals surface area contributed by atoms with Gasteiger partial charge < -0.3 is 38.1 Å². The molecule has 10 N–H and O–H groups in total. The number of nitrogens with two attached hydrogens (primary N) is 5. The van der Waals surface area contributed by atoms with Crippen LogP contribution in [-0.2, 0) is 13.2 Å². The van der Waals surface area contributed by atoms with E-state index < -0.39 is 17.8 Å². The van der Waals surface area contributed by atoms with E-state index in [0.29, 0.717) is 0 Å². The summed E-state index contributed by atoms with van der Waals surface area (Å²) in [7, 11) is 6.06. The Labute approximate surface area is 333 Å². The topological polar surface area (TPSA) is 138 Å². The molecule has 0 aliphatic rings. The minimum Gasteiger partial charge on any atom is -0.378 e. The van der Waals surface area contributed by atoms with Gasteiger partial charge in [-0.05, 0) is 111 Å². The molecule has 0 aliphatic heterocycles. The maximum absolute atomic E-state index is 12.4. The first-order chi connectivity index (χ1) is 25.1. The van der Waals surface area contributed by atoms with Crippen molar-refractivity contribution in [2.24, 2.45) is 35.7 Å². The molecule has 0 amide bonds. The van der Waals surface area contributed by atoms with Crippen LogP contribution < -0.4 is 33.6 Å². The highest BCUT2D eigenvalue weighted by Crippen LogP contribution is 2.33. The van der Waals surface area contributed by atoms with Gasteiger partial charge in [-0.2, -0.15) is 13.2 Å². The van der Waals surface area contributed by atoms with Crippen LogP contribution in [0.4, 0.5) is 18.9 Å². The number of aryl methyl sites for hydroxylation is 1. The van der Waals surface area contributed by atoms with Gasteiger partial charge in [-0.25, -0.2) is 0 Å². The molecule has 296 valence electrons. The number of nitrogens with zero attached hydrogens (tertiary/aromatic N) is 2. The normalized spacial score (nSPS) is 13.4. The van der Waals surface area contributed by atoms with Crippen LogP contribution in [0.3, 0.4) is 0 Å². The van der Waals surface area contributed by atoms with Crippen LogP contribution in [-0.4, -0.2) is 18.7 Å². The van der Waals surface area contributed by atoms with Gasteiger partial charge in [0.25, 0.3) is 0 Å². The lowest BCUT2D eigenvalue weighted by Crippen LogP contribution is -2.14. The van der Waals surface area contributed by atoms with Gasteiger partial charge in [0, 0.05) is 78.4 Å². The van der Waals surface area contributed by atoms with Gasteiger partial charge in [-0.3, -0.25) is 0 Å². The molecular weight excluding hydrogens is 775 g/mol. The maximum atomic E-state index is 12.4. The molecule has 0 radical (unpaired) electrons. The summed E-state index contributed by atoms with van der Waals surface area (Å²) < 4.78 is 40.2. The zero-order valence-electron chi connectivity index (χ0n) is 32.5. The Morgan fingerprint density at radius 2 is 1.13 bits per heavy atom. The van der Waals surface area contributed by atoms with Crippen molar-refractivity contribution < 1.29 is 13.2 Å². The lowest BCUT2D eigenvalue weighted by Gasteiger charge is -2.14. The second-order valence-corrected chi connectivity index (χ2v) is 14.5. The summed E-state index contributed by atoms with van der Waals surface area (Å²) in [6.07, 6.45) is -2.32. The Morgan fingerprint density at radius 3 is 1.46 bits per heavy atom. The number of rotatable bonds is 6. The third kappa shape index (κ3) is 18.1. The van der Waals surface area contributed by atoms with E-state index in [9.17, 15) is 13.2 Å². The molecule has 0 fully saturated rings. The van der Waals surface area contributed by atoms with E-state index in [1.807, 2.05) is 120 Å². The molecule has 7 nitrogen and oxygen atoms in total. The van der Waals surface area contributed by atoms with E-state index in [0.717, 1.165) is 26.7 Å². The molecule has 0 saturated heterocycles. The molecular formula is C42H58BrClF3N7. The fraction of sp³-hybridized carbons (Fsp3) is 0.333. The highest BCUT2D eigenvalue weighted by molar-refractivity contribution is 9.10. The zero-order chi connectivity index (χ0) is 41.2. The summed E-state index contributed by atoms with van der Waals surface area (Å²) in [5, 5.41) is 0.745. The summed E-state index contributed by atoms with van der Waals surface area (Å²) in [4.78, 5) is 2.07.